The zero-order valence-electron chi connectivity index (χ0n) is 23.6. The minimum Gasteiger partial charge on any atom is -0.494 e. The molecule has 5 rings (SSSR count). The second-order valence-electron chi connectivity index (χ2n) is 9.49. The van der Waals surface area contributed by atoms with Crippen LogP contribution in [0.2, 0.25) is 5.02 Å². The van der Waals surface area contributed by atoms with Gasteiger partial charge in [-0.2, -0.15) is 5.26 Å². The van der Waals surface area contributed by atoms with Crippen LogP contribution in [0.15, 0.2) is 96.4 Å². The van der Waals surface area contributed by atoms with Crippen molar-refractivity contribution >= 4 is 17.6 Å². The number of benzene rings is 4. The molecule has 4 aromatic rings. The quantitative estimate of drug-likeness (QED) is 0.152. The van der Waals surface area contributed by atoms with Crippen molar-refractivity contribution in [3.05, 3.63) is 124 Å². The van der Waals surface area contributed by atoms with Crippen LogP contribution in [0.1, 0.15) is 46.8 Å². The van der Waals surface area contributed by atoms with E-state index in [2.05, 4.69) is 6.07 Å². The van der Waals surface area contributed by atoms with Gasteiger partial charge in [0, 0.05) is 22.2 Å². The second-order valence-corrected chi connectivity index (χ2v) is 9.90. The molecule has 4 aromatic carbocycles. The van der Waals surface area contributed by atoms with Gasteiger partial charge in [0.1, 0.15) is 35.5 Å². The summed E-state index contributed by atoms with van der Waals surface area (Å²) >= 11 is 6.30. The third kappa shape index (κ3) is 6.53. The van der Waals surface area contributed by atoms with Gasteiger partial charge in [-0.1, -0.05) is 48.0 Å². The molecule has 1 aliphatic heterocycles. The van der Waals surface area contributed by atoms with Crippen molar-refractivity contribution < 1.29 is 28.5 Å². The van der Waals surface area contributed by atoms with Gasteiger partial charge >= 0.3 is 5.97 Å². The van der Waals surface area contributed by atoms with Gasteiger partial charge in [-0.25, -0.2) is 4.79 Å². The van der Waals surface area contributed by atoms with Crippen LogP contribution in [0.25, 0.3) is 0 Å². The number of carbonyl (C=O) groups excluding carboxylic acids is 1. The zero-order chi connectivity index (χ0) is 30.3. The Morgan fingerprint density at radius 2 is 1.72 bits per heavy atom. The van der Waals surface area contributed by atoms with Crippen LogP contribution in [0, 0.1) is 11.3 Å². The fourth-order valence-corrected chi connectivity index (χ4v) is 4.94. The molecule has 0 fully saturated rings. The van der Waals surface area contributed by atoms with Gasteiger partial charge in [-0.15, -0.1) is 0 Å². The Labute approximate surface area is 254 Å². The lowest BCUT2D eigenvalue weighted by molar-refractivity contribution is 0.0734. The van der Waals surface area contributed by atoms with Crippen LogP contribution in [0.5, 0.6) is 28.7 Å². The van der Waals surface area contributed by atoms with E-state index >= 15 is 0 Å². The van der Waals surface area contributed by atoms with Crippen molar-refractivity contribution in [2.75, 3.05) is 13.2 Å². The van der Waals surface area contributed by atoms with E-state index in [4.69, 9.17) is 41.0 Å². The summed E-state index contributed by atoms with van der Waals surface area (Å²) < 4.78 is 28.9. The predicted octanol–water partition coefficient (Wildman–Crippen LogP) is 7.15. The Kier molecular flexibility index (Phi) is 9.04. The molecule has 1 aliphatic rings. The molecule has 1 heterocycles. The van der Waals surface area contributed by atoms with Crippen LogP contribution >= 0.6 is 11.6 Å². The molecule has 0 radical (unpaired) electrons. The smallest absolute Gasteiger partial charge is 0.343 e. The summed E-state index contributed by atoms with van der Waals surface area (Å²) in [6.45, 7) is 4.88. The number of esters is 1. The summed E-state index contributed by atoms with van der Waals surface area (Å²) in [5.74, 6) is 1.09. The molecule has 0 amide bonds. The SMILES string of the molecule is CCOc1cccc(C(=O)Oc2ccc3c(c2)OC(N)=C(C#N)C3c2ccc(OCc3ccccc3Cl)c(OCC)c2)c1. The number of nitriles is 1. The molecule has 2 N–H and O–H groups in total. The first kappa shape index (κ1) is 29.4. The number of fused-ring (bicyclic) bond motifs is 1. The number of hydrogen-bond donors (Lipinski definition) is 1. The molecule has 0 spiro atoms. The lowest BCUT2D eigenvalue weighted by Gasteiger charge is -2.27. The minimum absolute atomic E-state index is 0.0371. The second kappa shape index (κ2) is 13.2. The average Bonchev–Trinajstić information content (AvgIpc) is 3.01. The number of hydrogen-bond acceptors (Lipinski definition) is 8. The molecular formula is C34H29ClN2O6. The molecule has 218 valence electrons. The highest BCUT2D eigenvalue weighted by atomic mass is 35.5. The Morgan fingerprint density at radius 3 is 2.49 bits per heavy atom. The first-order valence-corrected chi connectivity index (χ1v) is 14.1. The molecule has 0 saturated heterocycles. The molecule has 8 nitrogen and oxygen atoms in total. The van der Waals surface area contributed by atoms with E-state index in [9.17, 15) is 10.1 Å². The van der Waals surface area contributed by atoms with Gasteiger partial charge < -0.3 is 29.4 Å². The number of nitrogens with zero attached hydrogens (tertiary/aromatic N) is 1. The maximum Gasteiger partial charge on any atom is 0.343 e. The van der Waals surface area contributed by atoms with Gasteiger partial charge in [-0.3, -0.25) is 0 Å². The van der Waals surface area contributed by atoms with Crippen molar-refractivity contribution in [3.63, 3.8) is 0 Å². The molecular weight excluding hydrogens is 568 g/mol. The summed E-state index contributed by atoms with van der Waals surface area (Å²) in [4.78, 5) is 12.9. The topological polar surface area (TPSA) is 113 Å². The fourth-order valence-electron chi connectivity index (χ4n) is 4.75. The standard InChI is InChI=1S/C34H29ClN2O6/c1-3-39-24-10-7-9-22(16-24)34(38)42-25-13-14-26-30(18-25)43-33(37)27(19-36)32(26)21-12-15-29(31(17-21)40-4-2)41-20-23-8-5-6-11-28(23)35/h5-18,32H,3-4,20,37H2,1-2H3. The van der Waals surface area contributed by atoms with Crippen molar-refractivity contribution in [2.45, 2.75) is 26.4 Å². The minimum atomic E-state index is -0.557. The first-order valence-electron chi connectivity index (χ1n) is 13.7. The summed E-state index contributed by atoms with van der Waals surface area (Å²) in [6.07, 6.45) is 0. The van der Waals surface area contributed by atoms with Crippen molar-refractivity contribution in [1.82, 2.24) is 0 Å². The van der Waals surface area contributed by atoms with E-state index in [1.165, 1.54) is 0 Å². The monoisotopic (exact) mass is 596 g/mol. The van der Waals surface area contributed by atoms with E-state index in [0.717, 1.165) is 11.1 Å². The number of halogens is 1. The van der Waals surface area contributed by atoms with Crippen LogP contribution in [0.3, 0.4) is 0 Å². The number of rotatable bonds is 10. The highest BCUT2D eigenvalue weighted by Crippen LogP contribution is 2.45. The molecule has 0 aliphatic carbocycles. The average molecular weight is 597 g/mol. The Hall–Kier alpha value is -5.13. The molecule has 43 heavy (non-hydrogen) atoms. The first-order chi connectivity index (χ1) is 20.9. The van der Waals surface area contributed by atoms with Gasteiger partial charge in [0.15, 0.2) is 11.5 Å². The maximum absolute atomic E-state index is 12.9. The number of ether oxygens (including phenoxy) is 5. The third-order valence-electron chi connectivity index (χ3n) is 6.72. The predicted molar refractivity (Wildman–Crippen MR) is 162 cm³/mol. The zero-order valence-corrected chi connectivity index (χ0v) is 24.4. The third-order valence-corrected chi connectivity index (χ3v) is 7.09. The molecule has 0 saturated carbocycles. The Morgan fingerprint density at radius 1 is 0.907 bits per heavy atom. The van der Waals surface area contributed by atoms with E-state index in [0.29, 0.717) is 52.4 Å². The summed E-state index contributed by atoms with van der Waals surface area (Å²) in [5, 5.41) is 10.6. The van der Waals surface area contributed by atoms with Crippen LogP contribution in [0.4, 0.5) is 0 Å². The van der Waals surface area contributed by atoms with Crippen molar-refractivity contribution in [3.8, 4) is 34.8 Å². The normalized spacial score (nSPS) is 13.8. The van der Waals surface area contributed by atoms with Crippen molar-refractivity contribution in [2.24, 2.45) is 5.73 Å². The van der Waals surface area contributed by atoms with Crippen LogP contribution in [-0.4, -0.2) is 19.2 Å². The lowest BCUT2D eigenvalue weighted by Crippen LogP contribution is -2.21. The van der Waals surface area contributed by atoms with Gasteiger partial charge in [-0.05, 0) is 61.9 Å². The van der Waals surface area contributed by atoms with Crippen LogP contribution in [-0.2, 0) is 6.61 Å². The molecule has 9 heteroatoms. The highest BCUT2D eigenvalue weighted by molar-refractivity contribution is 6.31. The summed E-state index contributed by atoms with van der Waals surface area (Å²) in [5.41, 5.74) is 9.07. The highest BCUT2D eigenvalue weighted by Gasteiger charge is 2.32. The van der Waals surface area contributed by atoms with Crippen LogP contribution < -0.4 is 29.4 Å². The molecule has 1 unspecified atom stereocenters. The van der Waals surface area contributed by atoms with E-state index in [-0.39, 0.29) is 23.8 Å². The molecule has 0 bridgehead atoms. The number of allylic oxidation sites excluding steroid dienone is 1. The van der Waals surface area contributed by atoms with Gasteiger partial charge in [0.05, 0.1) is 24.7 Å². The van der Waals surface area contributed by atoms with Crippen molar-refractivity contribution in [1.29, 1.82) is 5.26 Å². The van der Waals surface area contributed by atoms with Gasteiger partial charge in [0.25, 0.3) is 0 Å². The number of nitrogens with two attached hydrogens (primary N) is 1. The summed E-state index contributed by atoms with van der Waals surface area (Å²) in [7, 11) is 0. The van der Waals surface area contributed by atoms with E-state index in [1.54, 1.807) is 48.5 Å². The molecule has 1 atom stereocenters. The van der Waals surface area contributed by atoms with E-state index in [1.807, 2.05) is 50.2 Å². The van der Waals surface area contributed by atoms with Gasteiger partial charge in [0.2, 0.25) is 5.88 Å². The fraction of sp³-hybridized carbons (Fsp3) is 0.176. The lowest BCUT2D eigenvalue weighted by atomic mass is 9.83. The van der Waals surface area contributed by atoms with E-state index < -0.39 is 11.9 Å². The Balaban J connectivity index is 1.43. The molecule has 0 aromatic heterocycles. The number of carbonyl (C=O) groups is 1. The summed E-state index contributed by atoms with van der Waals surface area (Å²) in [6, 6.07) is 26.9. The largest absolute Gasteiger partial charge is 0.494 e. The Bertz CT molecular complexity index is 1730. The maximum atomic E-state index is 12.9.